The molecule has 1 aliphatic heterocycles. The van der Waals surface area contributed by atoms with Crippen LogP contribution in [0.15, 0.2) is 45.3 Å². The summed E-state index contributed by atoms with van der Waals surface area (Å²) in [6, 6.07) is 12.8. The molecule has 1 aromatic carbocycles. The van der Waals surface area contributed by atoms with E-state index in [1.165, 1.54) is 19.3 Å². The molecule has 1 aromatic heterocycles. The maximum atomic E-state index is 5.97. The van der Waals surface area contributed by atoms with Crippen LogP contribution in [0.25, 0.3) is 11.3 Å². The zero-order valence-electron chi connectivity index (χ0n) is 10.2. The zero-order chi connectivity index (χ0) is 12.4. The van der Waals surface area contributed by atoms with Gasteiger partial charge in [0.05, 0.1) is 6.04 Å². The molecule has 0 amide bonds. The molecule has 1 saturated heterocycles. The minimum Gasteiger partial charge on any atom is -0.459 e. The first kappa shape index (κ1) is 12.0. The summed E-state index contributed by atoms with van der Waals surface area (Å²) in [5.74, 6) is 2.01. The molecule has 0 aliphatic carbocycles. The van der Waals surface area contributed by atoms with Crippen molar-refractivity contribution in [3.8, 4) is 11.3 Å². The normalized spacial score (nSPS) is 19.9. The average Bonchev–Trinajstić information content (AvgIpc) is 2.90. The SMILES string of the molecule is Brc1ccc(-c2ccc([C@@H]3CCCCN3)o2)cc1. The van der Waals surface area contributed by atoms with E-state index in [0.29, 0.717) is 6.04 Å². The van der Waals surface area contributed by atoms with Gasteiger partial charge in [-0.15, -0.1) is 0 Å². The molecule has 0 saturated carbocycles. The highest BCUT2D eigenvalue weighted by Crippen LogP contribution is 2.29. The molecular formula is C15H16BrNO. The molecule has 2 aromatic rings. The Morgan fingerprint density at radius 1 is 1.06 bits per heavy atom. The number of benzene rings is 1. The Labute approximate surface area is 116 Å². The fourth-order valence-corrected chi connectivity index (χ4v) is 2.67. The van der Waals surface area contributed by atoms with E-state index in [1.807, 2.05) is 12.1 Å². The van der Waals surface area contributed by atoms with Crippen molar-refractivity contribution in [1.82, 2.24) is 5.32 Å². The smallest absolute Gasteiger partial charge is 0.134 e. The lowest BCUT2D eigenvalue weighted by Crippen LogP contribution is -2.26. The summed E-state index contributed by atoms with van der Waals surface area (Å²) in [6.45, 7) is 1.10. The Bertz CT molecular complexity index is 512. The number of hydrogen-bond acceptors (Lipinski definition) is 2. The summed E-state index contributed by atoms with van der Waals surface area (Å²) in [5.41, 5.74) is 1.13. The lowest BCUT2D eigenvalue weighted by Gasteiger charge is -2.21. The number of nitrogens with one attached hydrogen (secondary N) is 1. The molecule has 1 N–H and O–H groups in total. The molecule has 2 nitrogen and oxygen atoms in total. The van der Waals surface area contributed by atoms with Crippen molar-refractivity contribution in [3.63, 3.8) is 0 Å². The van der Waals surface area contributed by atoms with Gasteiger partial charge in [-0.3, -0.25) is 0 Å². The summed E-state index contributed by atoms with van der Waals surface area (Å²) in [5, 5.41) is 3.51. The Morgan fingerprint density at radius 2 is 1.89 bits per heavy atom. The maximum Gasteiger partial charge on any atom is 0.134 e. The van der Waals surface area contributed by atoms with Gasteiger partial charge in [0, 0.05) is 10.0 Å². The Morgan fingerprint density at radius 3 is 2.61 bits per heavy atom. The second-order valence-corrected chi connectivity index (χ2v) is 5.63. The summed E-state index contributed by atoms with van der Waals surface area (Å²) >= 11 is 3.45. The average molecular weight is 306 g/mol. The molecular weight excluding hydrogens is 290 g/mol. The Kier molecular flexibility index (Phi) is 3.52. The predicted octanol–water partition coefficient (Wildman–Crippen LogP) is 4.52. The number of piperidine rings is 1. The molecule has 18 heavy (non-hydrogen) atoms. The van der Waals surface area contributed by atoms with Crippen LogP contribution in [0.4, 0.5) is 0 Å². The van der Waals surface area contributed by atoms with Crippen molar-refractivity contribution < 1.29 is 4.42 Å². The summed E-state index contributed by atoms with van der Waals surface area (Å²) in [7, 11) is 0. The third-order valence-electron chi connectivity index (χ3n) is 3.41. The third-order valence-corrected chi connectivity index (χ3v) is 3.94. The lowest BCUT2D eigenvalue weighted by atomic mass is 10.0. The molecule has 0 unspecified atom stereocenters. The van der Waals surface area contributed by atoms with Gasteiger partial charge in [-0.1, -0.05) is 34.5 Å². The second kappa shape index (κ2) is 5.29. The zero-order valence-corrected chi connectivity index (χ0v) is 11.7. The van der Waals surface area contributed by atoms with Gasteiger partial charge in [0.1, 0.15) is 11.5 Å². The van der Waals surface area contributed by atoms with E-state index in [0.717, 1.165) is 28.1 Å². The van der Waals surface area contributed by atoms with Gasteiger partial charge in [-0.2, -0.15) is 0 Å². The van der Waals surface area contributed by atoms with E-state index >= 15 is 0 Å². The van der Waals surface area contributed by atoms with Crippen LogP contribution in [0, 0.1) is 0 Å². The van der Waals surface area contributed by atoms with Crippen LogP contribution in [0.1, 0.15) is 31.1 Å². The van der Waals surface area contributed by atoms with Crippen LogP contribution < -0.4 is 5.32 Å². The maximum absolute atomic E-state index is 5.97. The van der Waals surface area contributed by atoms with E-state index in [2.05, 4.69) is 45.5 Å². The minimum atomic E-state index is 0.392. The van der Waals surface area contributed by atoms with Gasteiger partial charge >= 0.3 is 0 Å². The molecule has 0 bridgehead atoms. The molecule has 2 heterocycles. The van der Waals surface area contributed by atoms with Crippen molar-refractivity contribution in [2.24, 2.45) is 0 Å². The monoisotopic (exact) mass is 305 g/mol. The summed E-state index contributed by atoms with van der Waals surface area (Å²) in [4.78, 5) is 0. The van der Waals surface area contributed by atoms with E-state index < -0.39 is 0 Å². The molecule has 94 valence electrons. The van der Waals surface area contributed by atoms with Crippen molar-refractivity contribution in [3.05, 3.63) is 46.6 Å². The number of rotatable bonds is 2. The topological polar surface area (TPSA) is 25.2 Å². The molecule has 1 atom stereocenters. The molecule has 3 heteroatoms. The van der Waals surface area contributed by atoms with Crippen LogP contribution in [0.2, 0.25) is 0 Å². The van der Waals surface area contributed by atoms with Crippen molar-refractivity contribution in [2.75, 3.05) is 6.54 Å². The molecule has 1 aliphatic rings. The van der Waals surface area contributed by atoms with Crippen LogP contribution in [0.5, 0.6) is 0 Å². The quantitative estimate of drug-likeness (QED) is 0.882. The predicted molar refractivity (Wildman–Crippen MR) is 76.4 cm³/mol. The van der Waals surface area contributed by atoms with Gasteiger partial charge in [0.2, 0.25) is 0 Å². The van der Waals surface area contributed by atoms with E-state index in [4.69, 9.17) is 4.42 Å². The van der Waals surface area contributed by atoms with Gasteiger partial charge in [-0.05, 0) is 43.7 Å². The second-order valence-electron chi connectivity index (χ2n) is 4.71. The highest BCUT2D eigenvalue weighted by molar-refractivity contribution is 9.10. The lowest BCUT2D eigenvalue weighted by molar-refractivity contribution is 0.353. The number of halogens is 1. The largest absolute Gasteiger partial charge is 0.459 e. The first-order valence-corrected chi connectivity index (χ1v) is 7.21. The molecule has 1 fully saturated rings. The number of furan rings is 1. The van der Waals surface area contributed by atoms with Gasteiger partial charge < -0.3 is 9.73 Å². The van der Waals surface area contributed by atoms with Crippen molar-refractivity contribution >= 4 is 15.9 Å². The van der Waals surface area contributed by atoms with Crippen LogP contribution >= 0.6 is 15.9 Å². The Hall–Kier alpha value is -1.06. The van der Waals surface area contributed by atoms with Crippen molar-refractivity contribution in [2.45, 2.75) is 25.3 Å². The van der Waals surface area contributed by atoms with E-state index in [1.54, 1.807) is 0 Å². The highest BCUT2D eigenvalue weighted by Gasteiger charge is 2.18. The van der Waals surface area contributed by atoms with Crippen LogP contribution in [0.3, 0.4) is 0 Å². The van der Waals surface area contributed by atoms with E-state index in [9.17, 15) is 0 Å². The number of hydrogen-bond donors (Lipinski definition) is 1. The van der Waals surface area contributed by atoms with Crippen LogP contribution in [-0.4, -0.2) is 6.54 Å². The van der Waals surface area contributed by atoms with E-state index in [-0.39, 0.29) is 0 Å². The Balaban J connectivity index is 1.82. The van der Waals surface area contributed by atoms with Crippen molar-refractivity contribution in [1.29, 1.82) is 0 Å². The molecule has 0 spiro atoms. The van der Waals surface area contributed by atoms with Gasteiger partial charge in [0.25, 0.3) is 0 Å². The molecule has 0 radical (unpaired) electrons. The highest BCUT2D eigenvalue weighted by atomic mass is 79.9. The first-order chi connectivity index (χ1) is 8.83. The van der Waals surface area contributed by atoms with Gasteiger partial charge in [-0.25, -0.2) is 0 Å². The fraction of sp³-hybridized carbons (Fsp3) is 0.333. The molecule has 3 rings (SSSR count). The summed E-state index contributed by atoms with van der Waals surface area (Å²) in [6.07, 6.45) is 3.73. The summed E-state index contributed by atoms with van der Waals surface area (Å²) < 4.78 is 7.06. The minimum absolute atomic E-state index is 0.392. The fourth-order valence-electron chi connectivity index (χ4n) is 2.40. The third kappa shape index (κ3) is 2.52. The van der Waals surface area contributed by atoms with Gasteiger partial charge in [0.15, 0.2) is 0 Å². The van der Waals surface area contributed by atoms with Crippen LogP contribution in [-0.2, 0) is 0 Å². The standard InChI is InChI=1S/C15H16BrNO/c16-12-6-4-11(5-7-12)14-8-9-15(18-14)13-3-1-2-10-17-13/h4-9,13,17H,1-3,10H2/t13-/m0/s1. The first-order valence-electron chi connectivity index (χ1n) is 6.42.